The van der Waals surface area contributed by atoms with Crippen LogP contribution in [-0.2, 0) is 4.79 Å². The van der Waals surface area contributed by atoms with E-state index in [4.69, 9.17) is 4.99 Å². The fourth-order valence-electron chi connectivity index (χ4n) is 5.87. The molecule has 0 fully saturated rings. The Kier molecular flexibility index (Phi) is 20.5. The molecule has 3 rings (SSSR count). The lowest BCUT2D eigenvalue weighted by atomic mass is 9.94. The summed E-state index contributed by atoms with van der Waals surface area (Å²) in [5.41, 5.74) is 8.26. The minimum absolute atomic E-state index is 0.00827. The molecule has 0 saturated heterocycles. The van der Waals surface area contributed by atoms with Gasteiger partial charge in [-0.2, -0.15) is 0 Å². The van der Waals surface area contributed by atoms with Gasteiger partial charge in [-0.1, -0.05) is 118 Å². The Morgan fingerprint density at radius 3 is 2.44 bits per heavy atom. The van der Waals surface area contributed by atoms with Gasteiger partial charge in [-0.15, -0.1) is 0 Å². The number of hydrogen-bond acceptors (Lipinski definition) is 4. The summed E-state index contributed by atoms with van der Waals surface area (Å²) >= 11 is 0. The summed E-state index contributed by atoms with van der Waals surface area (Å²) in [6.45, 7) is 36.1. The number of hydrogen-bond donors (Lipinski definition) is 3. The van der Waals surface area contributed by atoms with E-state index in [0.717, 1.165) is 71.8 Å². The predicted molar refractivity (Wildman–Crippen MR) is 219 cm³/mol. The molecule has 3 atom stereocenters. The monoisotopic (exact) mass is 685 g/mol. The Balaban J connectivity index is 0.00000301. The highest BCUT2D eigenvalue weighted by Gasteiger charge is 2.22. The van der Waals surface area contributed by atoms with Gasteiger partial charge in [0.2, 0.25) is 11.9 Å². The Morgan fingerprint density at radius 2 is 1.82 bits per heavy atom. The predicted octanol–water partition coefficient (Wildman–Crippen LogP) is 9.71. The van der Waals surface area contributed by atoms with E-state index in [2.05, 4.69) is 111 Å². The molecule has 1 heterocycles. The third kappa shape index (κ3) is 14.4. The number of rotatable bonds is 11. The molecule has 50 heavy (non-hydrogen) atoms. The lowest BCUT2D eigenvalue weighted by Gasteiger charge is -2.27. The van der Waals surface area contributed by atoms with Crippen LogP contribution >= 0.6 is 0 Å². The van der Waals surface area contributed by atoms with E-state index in [1.54, 1.807) is 7.05 Å². The zero-order valence-corrected chi connectivity index (χ0v) is 33.1. The van der Waals surface area contributed by atoms with Gasteiger partial charge >= 0.3 is 0 Å². The van der Waals surface area contributed by atoms with Crippen LogP contribution in [0.5, 0.6) is 0 Å². The van der Waals surface area contributed by atoms with Crippen molar-refractivity contribution >= 4 is 17.6 Å². The van der Waals surface area contributed by atoms with Gasteiger partial charge in [-0.05, 0) is 79.6 Å². The molecule has 7 nitrogen and oxygen atoms in total. The fourth-order valence-corrected chi connectivity index (χ4v) is 5.87. The Hall–Kier alpha value is -4.13. The lowest BCUT2D eigenvalue weighted by molar-refractivity contribution is -0.122. The van der Waals surface area contributed by atoms with Gasteiger partial charge in [0.05, 0.1) is 5.71 Å². The SMILES string of the molecule is C=CC1=C/C(C)CCC(NC(=O)CCN(C(=C)C)C(=NC)/N=C(/C(=C)NCC2=CC3=C(CC=C2)CCC(=C)N3)C(C)C)C(C)/C=C\1.CC.CC. The summed E-state index contributed by atoms with van der Waals surface area (Å²) in [5, 5.41) is 10.3. The standard InChI is InChI=1S/C39H56N6O.2C2H6/c1-11-32-18-16-29(7)35(20-15-28(6)23-32)43-37(46)21-22-45(27(4)5)39(40-10)44-38(26(2)3)31(9)41-25-33-13-12-14-34-19-17-30(8)42-36(34)24-33;2*1-2/h11-13,16,18,23-24,26,28-29,35,41-42H,1,4,8-9,14-15,17,19-22,25H2,2-3,5-7,10H3,(H,43,46);2*1-2H3/b18-16-,32-23-,40-39?,44-38+;;. The molecule has 0 saturated carbocycles. The van der Waals surface area contributed by atoms with Gasteiger partial charge in [0.15, 0.2) is 0 Å². The second-order valence-electron chi connectivity index (χ2n) is 13.0. The molecule has 0 aromatic heterocycles. The number of carbonyl (C=O) groups excluding carboxylic acids is 1. The molecule has 3 N–H and O–H groups in total. The van der Waals surface area contributed by atoms with E-state index >= 15 is 0 Å². The average molecular weight is 685 g/mol. The highest BCUT2D eigenvalue weighted by atomic mass is 16.1. The van der Waals surface area contributed by atoms with E-state index in [9.17, 15) is 4.79 Å². The van der Waals surface area contributed by atoms with E-state index < -0.39 is 0 Å². The molecule has 1 aliphatic heterocycles. The molecule has 0 aromatic rings. The van der Waals surface area contributed by atoms with Gasteiger partial charge in [-0.25, -0.2) is 4.99 Å². The van der Waals surface area contributed by atoms with Crippen molar-refractivity contribution < 1.29 is 4.79 Å². The fraction of sp³-hybridized carbons (Fsp3) is 0.512. The summed E-state index contributed by atoms with van der Waals surface area (Å²) in [6, 6.07) is 0.0651. The van der Waals surface area contributed by atoms with E-state index in [1.807, 2.05) is 45.6 Å². The second-order valence-corrected chi connectivity index (χ2v) is 13.0. The first-order valence-corrected chi connectivity index (χ1v) is 18.7. The summed E-state index contributed by atoms with van der Waals surface area (Å²) in [4.78, 5) is 24.7. The molecule has 7 heteroatoms. The number of guanidine groups is 1. The lowest BCUT2D eigenvalue weighted by Crippen LogP contribution is -2.41. The molecular weight excluding hydrogens is 617 g/mol. The van der Waals surface area contributed by atoms with Gasteiger partial charge in [0.1, 0.15) is 0 Å². The zero-order valence-electron chi connectivity index (χ0n) is 33.1. The third-order valence-electron chi connectivity index (χ3n) is 8.71. The molecule has 0 radical (unpaired) electrons. The van der Waals surface area contributed by atoms with Crippen molar-refractivity contribution in [3.63, 3.8) is 0 Å². The molecule has 0 aromatic carbocycles. The van der Waals surface area contributed by atoms with Crippen molar-refractivity contribution in [3.05, 3.63) is 108 Å². The molecule has 1 amide bonds. The van der Waals surface area contributed by atoms with Crippen LogP contribution in [-0.4, -0.2) is 48.7 Å². The minimum Gasteiger partial charge on any atom is -0.380 e. The van der Waals surface area contributed by atoms with Crippen LogP contribution < -0.4 is 16.0 Å². The Bertz CT molecular complexity index is 1400. The maximum Gasteiger partial charge on any atom is 0.224 e. The molecule has 276 valence electrons. The van der Waals surface area contributed by atoms with E-state index in [1.165, 1.54) is 5.57 Å². The number of amides is 1. The molecular formula is C43H68N6O. The topological polar surface area (TPSA) is 81.1 Å². The van der Waals surface area contributed by atoms with Gasteiger partial charge in [0, 0.05) is 55.4 Å². The van der Waals surface area contributed by atoms with Crippen LogP contribution in [0.1, 0.15) is 101 Å². The van der Waals surface area contributed by atoms with Gasteiger partial charge in [0.25, 0.3) is 0 Å². The van der Waals surface area contributed by atoms with Crippen LogP contribution in [0.15, 0.2) is 118 Å². The number of carbonyl (C=O) groups is 1. The second kappa shape index (κ2) is 23.3. The van der Waals surface area contributed by atoms with Crippen molar-refractivity contribution in [2.45, 2.75) is 107 Å². The zero-order chi connectivity index (χ0) is 37.8. The first-order valence-electron chi connectivity index (χ1n) is 18.7. The molecule has 3 unspecified atom stereocenters. The minimum atomic E-state index is 0.00827. The smallest absolute Gasteiger partial charge is 0.224 e. The largest absolute Gasteiger partial charge is 0.380 e. The summed E-state index contributed by atoms with van der Waals surface area (Å²) in [6.07, 6.45) is 20.2. The van der Waals surface area contributed by atoms with Crippen molar-refractivity contribution in [2.24, 2.45) is 27.7 Å². The van der Waals surface area contributed by atoms with E-state index in [0.29, 0.717) is 31.4 Å². The first-order chi connectivity index (χ1) is 23.9. The molecule has 3 aliphatic rings. The molecule has 2 aliphatic carbocycles. The quantitative estimate of drug-likeness (QED) is 0.150. The number of nitrogens with one attached hydrogen (secondary N) is 3. The third-order valence-corrected chi connectivity index (χ3v) is 8.71. The Morgan fingerprint density at radius 1 is 1.12 bits per heavy atom. The highest BCUT2D eigenvalue weighted by Crippen LogP contribution is 2.27. The maximum absolute atomic E-state index is 13.2. The van der Waals surface area contributed by atoms with Crippen molar-refractivity contribution in [1.29, 1.82) is 0 Å². The van der Waals surface area contributed by atoms with Gasteiger partial charge in [-0.3, -0.25) is 9.79 Å². The first kappa shape index (κ1) is 43.9. The molecule has 0 spiro atoms. The summed E-state index contributed by atoms with van der Waals surface area (Å²) < 4.78 is 0. The maximum atomic E-state index is 13.2. The van der Waals surface area contributed by atoms with Gasteiger partial charge < -0.3 is 20.9 Å². The van der Waals surface area contributed by atoms with Crippen molar-refractivity contribution in [3.8, 4) is 0 Å². The number of allylic oxidation sites excluding steroid dienone is 10. The van der Waals surface area contributed by atoms with Crippen molar-refractivity contribution in [1.82, 2.24) is 20.9 Å². The number of nitrogens with zero attached hydrogens (tertiary/aromatic N) is 3. The van der Waals surface area contributed by atoms with Crippen LogP contribution in [0.4, 0.5) is 0 Å². The van der Waals surface area contributed by atoms with E-state index in [-0.39, 0.29) is 23.8 Å². The normalized spacial score (nSPS) is 22.5. The van der Waals surface area contributed by atoms with Crippen LogP contribution in [0.3, 0.4) is 0 Å². The Labute approximate surface area is 305 Å². The summed E-state index contributed by atoms with van der Waals surface area (Å²) in [7, 11) is 1.72. The highest BCUT2D eigenvalue weighted by molar-refractivity contribution is 6.07. The van der Waals surface area contributed by atoms with Crippen LogP contribution in [0.2, 0.25) is 0 Å². The van der Waals surface area contributed by atoms with Crippen molar-refractivity contribution in [2.75, 3.05) is 20.1 Å². The van der Waals surface area contributed by atoms with Crippen LogP contribution in [0, 0.1) is 17.8 Å². The average Bonchev–Trinajstić information content (AvgIpc) is 3.27. The molecule has 0 bridgehead atoms. The van der Waals surface area contributed by atoms with Crippen LogP contribution in [0.25, 0.3) is 0 Å². The number of aliphatic imine (C=N–C) groups is 2. The summed E-state index contributed by atoms with van der Waals surface area (Å²) in [5.74, 6) is 1.24.